The molecule has 1 aromatic rings. The van der Waals surface area contributed by atoms with E-state index in [1.54, 1.807) is 0 Å². The van der Waals surface area contributed by atoms with Crippen LogP contribution in [0.4, 0.5) is 0 Å². The van der Waals surface area contributed by atoms with Gasteiger partial charge in [0.1, 0.15) is 6.10 Å². The summed E-state index contributed by atoms with van der Waals surface area (Å²) in [4.78, 5) is 24.7. The van der Waals surface area contributed by atoms with Gasteiger partial charge < -0.3 is 4.74 Å². The molecule has 0 bridgehead atoms. The lowest BCUT2D eigenvalue weighted by atomic mass is 9.47. The van der Waals surface area contributed by atoms with E-state index < -0.39 is 0 Å². The number of aryl methyl sites for hydroxylation is 1. The Balaban J connectivity index is 1.26. The highest BCUT2D eigenvalue weighted by Crippen LogP contribution is 2.65. The van der Waals surface area contributed by atoms with Crippen LogP contribution in [-0.2, 0) is 20.7 Å². The van der Waals surface area contributed by atoms with E-state index in [1.165, 1.54) is 30.4 Å². The van der Waals surface area contributed by atoms with Gasteiger partial charge in [-0.2, -0.15) is 0 Å². The predicted molar refractivity (Wildman–Crippen MR) is 121 cm³/mol. The van der Waals surface area contributed by atoms with Crippen molar-refractivity contribution in [3.05, 3.63) is 47.5 Å². The van der Waals surface area contributed by atoms with Gasteiger partial charge in [0.15, 0.2) is 5.78 Å². The Morgan fingerprint density at radius 2 is 1.81 bits per heavy atom. The maximum absolute atomic E-state index is 12.7. The highest BCUT2D eigenvalue weighted by atomic mass is 16.5. The molecule has 0 heterocycles. The topological polar surface area (TPSA) is 43.4 Å². The minimum Gasteiger partial charge on any atom is -0.462 e. The van der Waals surface area contributed by atoms with E-state index in [1.807, 2.05) is 24.3 Å². The molecule has 4 aliphatic carbocycles. The van der Waals surface area contributed by atoms with Crippen LogP contribution in [0.1, 0.15) is 77.2 Å². The number of benzene rings is 1. The summed E-state index contributed by atoms with van der Waals surface area (Å²) in [6, 6.07) is 10.2. The summed E-state index contributed by atoms with van der Waals surface area (Å²) >= 11 is 0. The lowest BCUT2D eigenvalue weighted by Gasteiger charge is -2.57. The van der Waals surface area contributed by atoms with E-state index in [4.69, 9.17) is 4.74 Å². The van der Waals surface area contributed by atoms with Crippen LogP contribution in [0.3, 0.4) is 0 Å². The third kappa shape index (κ3) is 3.58. The largest absolute Gasteiger partial charge is 0.462 e. The fraction of sp³-hybridized carbons (Fsp3) is 0.643. The highest BCUT2D eigenvalue weighted by Gasteiger charge is 2.59. The molecule has 3 heteroatoms. The van der Waals surface area contributed by atoms with Gasteiger partial charge in [-0.1, -0.05) is 49.8 Å². The Labute approximate surface area is 186 Å². The summed E-state index contributed by atoms with van der Waals surface area (Å²) in [6.07, 6.45) is 11.8. The smallest absolute Gasteiger partial charge is 0.306 e. The van der Waals surface area contributed by atoms with E-state index in [9.17, 15) is 9.59 Å². The zero-order chi connectivity index (χ0) is 21.6. The second kappa shape index (κ2) is 7.90. The van der Waals surface area contributed by atoms with Crippen LogP contribution >= 0.6 is 0 Å². The molecule has 0 spiro atoms. The summed E-state index contributed by atoms with van der Waals surface area (Å²) in [5.41, 5.74) is 2.95. The van der Waals surface area contributed by atoms with E-state index >= 15 is 0 Å². The summed E-state index contributed by atoms with van der Waals surface area (Å²) < 4.78 is 6.14. The Morgan fingerprint density at radius 1 is 1.00 bits per heavy atom. The average molecular weight is 421 g/mol. The molecule has 0 aliphatic heterocycles. The molecule has 5 rings (SSSR count). The minimum absolute atomic E-state index is 0.0375. The van der Waals surface area contributed by atoms with Crippen LogP contribution in [0.25, 0.3) is 0 Å². The quantitative estimate of drug-likeness (QED) is 0.556. The van der Waals surface area contributed by atoms with Gasteiger partial charge in [-0.25, -0.2) is 0 Å². The van der Waals surface area contributed by atoms with E-state index in [2.05, 4.69) is 26.0 Å². The summed E-state index contributed by atoms with van der Waals surface area (Å²) in [5, 5.41) is 0. The van der Waals surface area contributed by atoms with Gasteiger partial charge in [0.05, 0.1) is 0 Å². The number of fused-ring (bicyclic) bond motifs is 5. The van der Waals surface area contributed by atoms with Crippen molar-refractivity contribution in [2.24, 2.45) is 28.6 Å². The summed E-state index contributed by atoms with van der Waals surface area (Å²) in [6.45, 7) is 4.83. The molecular formula is C28H36O3. The van der Waals surface area contributed by atoms with Crippen molar-refractivity contribution in [1.29, 1.82) is 0 Å². The van der Waals surface area contributed by atoms with Crippen LogP contribution in [0, 0.1) is 28.6 Å². The normalized spacial score (nSPS) is 39.2. The highest BCUT2D eigenvalue weighted by molar-refractivity contribution is 5.91. The third-order valence-corrected chi connectivity index (χ3v) is 9.61. The summed E-state index contributed by atoms with van der Waals surface area (Å²) in [7, 11) is 0. The first kappa shape index (κ1) is 21.0. The van der Waals surface area contributed by atoms with Crippen molar-refractivity contribution in [2.45, 2.75) is 84.2 Å². The van der Waals surface area contributed by atoms with E-state index in [0.717, 1.165) is 32.1 Å². The number of ether oxygens (including phenoxy) is 1. The monoisotopic (exact) mass is 420 g/mol. The number of esters is 1. The molecule has 6 atom stereocenters. The Hall–Kier alpha value is -1.90. The number of carbonyl (C=O) groups is 2. The molecule has 3 nitrogen and oxygen atoms in total. The van der Waals surface area contributed by atoms with Crippen molar-refractivity contribution in [3.63, 3.8) is 0 Å². The van der Waals surface area contributed by atoms with E-state index in [0.29, 0.717) is 36.4 Å². The van der Waals surface area contributed by atoms with Gasteiger partial charge in [-0.15, -0.1) is 0 Å². The molecule has 166 valence electrons. The lowest BCUT2D eigenvalue weighted by molar-refractivity contribution is -0.159. The maximum atomic E-state index is 12.7. The SMILES string of the molecule is C[C@]12CCC(=O)C=C1CCC1C2CC[C@@]2(C)C1CC[C@@H]2OC(=O)CCc1ccccc1. The van der Waals surface area contributed by atoms with Gasteiger partial charge in [-0.05, 0) is 86.2 Å². The number of allylic oxidation sites excluding steroid dienone is 1. The fourth-order valence-electron chi connectivity index (χ4n) is 7.81. The molecule has 3 fully saturated rings. The molecule has 1 aromatic carbocycles. The van der Waals surface area contributed by atoms with Crippen molar-refractivity contribution in [1.82, 2.24) is 0 Å². The maximum Gasteiger partial charge on any atom is 0.306 e. The number of ketones is 1. The van der Waals surface area contributed by atoms with Crippen LogP contribution in [0.2, 0.25) is 0 Å². The molecule has 3 unspecified atom stereocenters. The van der Waals surface area contributed by atoms with Gasteiger partial charge >= 0.3 is 5.97 Å². The Kier molecular flexibility index (Phi) is 5.35. The second-order valence-corrected chi connectivity index (χ2v) is 11.1. The van der Waals surface area contributed by atoms with Crippen LogP contribution in [0.15, 0.2) is 42.0 Å². The van der Waals surface area contributed by atoms with Crippen molar-refractivity contribution >= 4 is 11.8 Å². The first-order valence-corrected chi connectivity index (χ1v) is 12.4. The van der Waals surface area contributed by atoms with Crippen LogP contribution < -0.4 is 0 Å². The molecular weight excluding hydrogens is 384 g/mol. The third-order valence-electron chi connectivity index (χ3n) is 9.61. The molecule has 3 saturated carbocycles. The number of hydrogen-bond acceptors (Lipinski definition) is 3. The molecule has 0 aromatic heterocycles. The predicted octanol–water partition coefficient (Wildman–Crippen LogP) is 6.06. The molecule has 0 saturated heterocycles. The van der Waals surface area contributed by atoms with Gasteiger partial charge in [0.2, 0.25) is 0 Å². The first-order valence-electron chi connectivity index (χ1n) is 12.4. The van der Waals surface area contributed by atoms with E-state index in [-0.39, 0.29) is 22.9 Å². The first-order chi connectivity index (χ1) is 14.9. The van der Waals surface area contributed by atoms with Crippen molar-refractivity contribution in [3.8, 4) is 0 Å². The molecule has 0 amide bonds. The van der Waals surface area contributed by atoms with Crippen LogP contribution in [-0.4, -0.2) is 17.9 Å². The number of rotatable bonds is 4. The number of carbonyl (C=O) groups excluding carboxylic acids is 2. The van der Waals surface area contributed by atoms with Crippen LogP contribution in [0.5, 0.6) is 0 Å². The van der Waals surface area contributed by atoms with Crippen molar-refractivity contribution < 1.29 is 14.3 Å². The zero-order valence-electron chi connectivity index (χ0n) is 19.1. The minimum atomic E-state index is -0.0375. The molecule has 0 N–H and O–H groups in total. The van der Waals surface area contributed by atoms with Gasteiger partial charge in [0.25, 0.3) is 0 Å². The number of hydrogen-bond donors (Lipinski definition) is 0. The lowest BCUT2D eigenvalue weighted by Crippen LogP contribution is -2.51. The average Bonchev–Trinajstić information content (AvgIpc) is 3.10. The molecule has 0 radical (unpaired) electrons. The van der Waals surface area contributed by atoms with Gasteiger partial charge in [-0.3, -0.25) is 9.59 Å². The Morgan fingerprint density at radius 3 is 2.61 bits per heavy atom. The zero-order valence-corrected chi connectivity index (χ0v) is 19.1. The second-order valence-electron chi connectivity index (χ2n) is 11.1. The van der Waals surface area contributed by atoms with Crippen molar-refractivity contribution in [2.75, 3.05) is 0 Å². The summed E-state index contributed by atoms with van der Waals surface area (Å²) in [5.74, 6) is 2.34. The fourth-order valence-corrected chi connectivity index (χ4v) is 7.81. The molecule has 31 heavy (non-hydrogen) atoms. The van der Waals surface area contributed by atoms with Gasteiger partial charge in [0, 0.05) is 18.3 Å². The standard InChI is InChI=1S/C28H36O3/c1-27-16-14-21(29)18-20(27)9-10-22-23-11-12-25(28(23,2)17-15-24(22)27)31-26(30)13-8-19-6-4-3-5-7-19/h3-7,18,22-25H,8-17H2,1-2H3/t22?,23?,24?,25-,27-,28-/m0/s1. The Bertz CT molecular complexity index is 887. The molecule has 4 aliphatic rings.